The lowest BCUT2D eigenvalue weighted by atomic mass is 10.1. The fraction of sp³-hybridized carbons (Fsp3) is 0.583. The Morgan fingerprint density at radius 1 is 1.18 bits per heavy atom. The first-order valence-electron chi connectivity index (χ1n) is 5.94. The summed E-state index contributed by atoms with van der Waals surface area (Å²) in [5, 5.41) is 4.52. The minimum absolute atomic E-state index is 0.0741. The molecule has 0 N–H and O–H groups in total. The Balaban J connectivity index is 2.30. The maximum atomic E-state index is 4.52. The molecule has 0 aliphatic carbocycles. The molecule has 17 heavy (non-hydrogen) atoms. The first-order chi connectivity index (χ1) is 7.98. The molecule has 0 unspecified atom stereocenters. The van der Waals surface area contributed by atoms with Gasteiger partial charge in [-0.25, -0.2) is 9.97 Å². The molecule has 0 bridgehead atoms. The summed E-state index contributed by atoms with van der Waals surface area (Å²) < 4.78 is 2.03. The molecule has 90 valence electrons. The Bertz CT molecular complexity index is 578. The van der Waals surface area contributed by atoms with Gasteiger partial charge in [-0.3, -0.25) is 4.68 Å². The van der Waals surface area contributed by atoms with Gasteiger partial charge in [0, 0.05) is 12.1 Å². The Morgan fingerprint density at radius 2 is 1.94 bits per heavy atom. The Morgan fingerprint density at radius 3 is 2.65 bits per heavy atom. The standard InChI is InChI=1S/C12H17N5/c1-8-9-10-11(14-7-13-9)16(12(2,3)4)5-6-17(10)15-8/h7H,5-6H2,1-4H3. The average Bonchev–Trinajstić information content (AvgIpc) is 2.57. The van der Waals surface area contributed by atoms with Crippen molar-refractivity contribution in [3.05, 3.63) is 12.0 Å². The number of rotatable bonds is 0. The molecule has 1 aliphatic rings. The highest BCUT2D eigenvalue weighted by molar-refractivity contribution is 5.88. The van der Waals surface area contributed by atoms with Crippen LogP contribution in [0.5, 0.6) is 0 Å². The zero-order valence-corrected chi connectivity index (χ0v) is 10.7. The highest BCUT2D eigenvalue weighted by Gasteiger charge is 2.30. The van der Waals surface area contributed by atoms with Crippen LogP contribution in [-0.4, -0.2) is 31.8 Å². The van der Waals surface area contributed by atoms with Gasteiger partial charge < -0.3 is 4.90 Å². The largest absolute Gasteiger partial charge is 0.348 e. The van der Waals surface area contributed by atoms with Crippen molar-refractivity contribution in [3.8, 4) is 0 Å². The second kappa shape index (κ2) is 3.18. The summed E-state index contributed by atoms with van der Waals surface area (Å²) >= 11 is 0. The topological polar surface area (TPSA) is 46.8 Å². The third-order valence-electron chi connectivity index (χ3n) is 3.28. The number of nitrogens with zero attached hydrogens (tertiary/aromatic N) is 5. The van der Waals surface area contributed by atoms with Crippen LogP contribution in [0.2, 0.25) is 0 Å². The molecule has 2 aromatic heterocycles. The van der Waals surface area contributed by atoms with Gasteiger partial charge in [0.05, 0.1) is 12.2 Å². The summed E-state index contributed by atoms with van der Waals surface area (Å²) in [6, 6.07) is 0. The van der Waals surface area contributed by atoms with E-state index in [9.17, 15) is 0 Å². The lowest BCUT2D eigenvalue weighted by Crippen LogP contribution is -2.46. The molecule has 0 amide bonds. The van der Waals surface area contributed by atoms with Gasteiger partial charge >= 0.3 is 0 Å². The van der Waals surface area contributed by atoms with Crippen LogP contribution in [-0.2, 0) is 6.54 Å². The summed E-state index contributed by atoms with van der Waals surface area (Å²) in [6.45, 7) is 10.5. The van der Waals surface area contributed by atoms with Crippen molar-refractivity contribution in [1.82, 2.24) is 19.7 Å². The van der Waals surface area contributed by atoms with Crippen molar-refractivity contribution >= 4 is 16.9 Å². The van der Waals surface area contributed by atoms with E-state index in [1.807, 2.05) is 11.6 Å². The molecular weight excluding hydrogens is 214 g/mol. The predicted molar refractivity (Wildman–Crippen MR) is 67.2 cm³/mol. The van der Waals surface area contributed by atoms with E-state index < -0.39 is 0 Å². The number of aryl methyl sites for hydroxylation is 1. The first-order valence-corrected chi connectivity index (χ1v) is 5.94. The van der Waals surface area contributed by atoms with Crippen molar-refractivity contribution in [1.29, 1.82) is 0 Å². The molecule has 0 radical (unpaired) electrons. The zero-order chi connectivity index (χ0) is 12.2. The maximum Gasteiger partial charge on any atom is 0.158 e. The van der Waals surface area contributed by atoms with E-state index in [2.05, 4.69) is 40.7 Å². The molecule has 5 heteroatoms. The quantitative estimate of drug-likeness (QED) is 0.693. The minimum Gasteiger partial charge on any atom is -0.348 e. The summed E-state index contributed by atoms with van der Waals surface area (Å²) in [7, 11) is 0. The van der Waals surface area contributed by atoms with Crippen molar-refractivity contribution < 1.29 is 0 Å². The lowest BCUT2D eigenvalue weighted by Gasteiger charge is -2.39. The van der Waals surface area contributed by atoms with Gasteiger partial charge in [-0.15, -0.1) is 0 Å². The van der Waals surface area contributed by atoms with Gasteiger partial charge in [0.15, 0.2) is 5.82 Å². The second-order valence-corrected chi connectivity index (χ2v) is 5.53. The Hall–Kier alpha value is -1.65. The molecule has 0 saturated heterocycles. The molecular formula is C12H17N5. The minimum atomic E-state index is 0.0741. The van der Waals surface area contributed by atoms with Crippen molar-refractivity contribution in [2.45, 2.75) is 39.8 Å². The average molecular weight is 231 g/mol. The van der Waals surface area contributed by atoms with Crippen LogP contribution in [0.3, 0.4) is 0 Å². The van der Waals surface area contributed by atoms with E-state index in [0.29, 0.717) is 0 Å². The molecule has 1 aliphatic heterocycles. The van der Waals surface area contributed by atoms with Crippen molar-refractivity contribution in [2.75, 3.05) is 11.4 Å². The first kappa shape index (κ1) is 10.5. The van der Waals surface area contributed by atoms with E-state index >= 15 is 0 Å². The maximum absolute atomic E-state index is 4.52. The highest BCUT2D eigenvalue weighted by Crippen LogP contribution is 2.32. The highest BCUT2D eigenvalue weighted by atomic mass is 15.4. The molecule has 0 spiro atoms. The fourth-order valence-corrected chi connectivity index (χ4v) is 2.46. The van der Waals surface area contributed by atoms with Crippen LogP contribution in [0.1, 0.15) is 26.5 Å². The van der Waals surface area contributed by atoms with E-state index in [-0.39, 0.29) is 5.54 Å². The van der Waals surface area contributed by atoms with E-state index in [1.165, 1.54) is 0 Å². The molecule has 2 aromatic rings. The van der Waals surface area contributed by atoms with Gasteiger partial charge in [0.25, 0.3) is 0 Å². The molecule has 3 heterocycles. The Labute approximate surface area is 100 Å². The van der Waals surface area contributed by atoms with Crippen LogP contribution in [0.15, 0.2) is 6.33 Å². The number of aromatic nitrogens is 4. The van der Waals surface area contributed by atoms with Gasteiger partial charge in [-0.05, 0) is 27.7 Å². The molecule has 0 saturated carbocycles. The summed E-state index contributed by atoms with van der Waals surface area (Å²) in [5.74, 6) is 1.01. The summed E-state index contributed by atoms with van der Waals surface area (Å²) in [6.07, 6.45) is 1.64. The van der Waals surface area contributed by atoms with Gasteiger partial charge in [0.2, 0.25) is 0 Å². The third-order valence-corrected chi connectivity index (χ3v) is 3.28. The monoisotopic (exact) mass is 231 g/mol. The predicted octanol–water partition coefficient (Wildman–Crippen LogP) is 1.75. The second-order valence-electron chi connectivity index (χ2n) is 5.53. The molecule has 0 atom stereocenters. The van der Waals surface area contributed by atoms with Gasteiger partial charge in [-0.1, -0.05) is 0 Å². The Kier molecular flexibility index (Phi) is 1.97. The van der Waals surface area contributed by atoms with E-state index in [0.717, 1.165) is 35.6 Å². The number of hydrogen-bond acceptors (Lipinski definition) is 4. The summed E-state index contributed by atoms with van der Waals surface area (Å²) in [5.41, 5.74) is 3.11. The fourth-order valence-electron chi connectivity index (χ4n) is 2.46. The lowest BCUT2D eigenvalue weighted by molar-refractivity contribution is 0.460. The zero-order valence-electron chi connectivity index (χ0n) is 10.7. The van der Waals surface area contributed by atoms with Crippen LogP contribution < -0.4 is 4.90 Å². The molecule has 0 aromatic carbocycles. The van der Waals surface area contributed by atoms with Crippen LogP contribution in [0, 0.1) is 6.92 Å². The smallest absolute Gasteiger partial charge is 0.158 e. The van der Waals surface area contributed by atoms with Crippen LogP contribution in [0.4, 0.5) is 5.82 Å². The molecule has 0 fully saturated rings. The number of hydrogen-bond donors (Lipinski definition) is 0. The van der Waals surface area contributed by atoms with Crippen LogP contribution in [0.25, 0.3) is 11.0 Å². The number of anilines is 1. The molecule has 5 nitrogen and oxygen atoms in total. The third kappa shape index (κ3) is 1.41. The van der Waals surface area contributed by atoms with Crippen molar-refractivity contribution in [2.24, 2.45) is 0 Å². The van der Waals surface area contributed by atoms with Crippen LogP contribution >= 0.6 is 0 Å². The van der Waals surface area contributed by atoms with E-state index in [4.69, 9.17) is 0 Å². The van der Waals surface area contributed by atoms with Gasteiger partial charge in [-0.2, -0.15) is 5.10 Å². The SMILES string of the molecule is Cc1nn2c3c(ncnc13)N(C(C)(C)C)CC2. The summed E-state index contributed by atoms with van der Waals surface area (Å²) in [4.78, 5) is 11.1. The van der Waals surface area contributed by atoms with E-state index in [1.54, 1.807) is 6.33 Å². The normalized spacial score (nSPS) is 15.6. The van der Waals surface area contributed by atoms with Crippen molar-refractivity contribution in [3.63, 3.8) is 0 Å². The van der Waals surface area contributed by atoms with Gasteiger partial charge in [0.1, 0.15) is 17.4 Å². The molecule has 3 rings (SSSR count).